The molecule has 1 unspecified atom stereocenters. The summed E-state index contributed by atoms with van der Waals surface area (Å²) in [7, 11) is 0.589. The van der Waals surface area contributed by atoms with Crippen molar-refractivity contribution in [3.8, 4) is 0 Å². The van der Waals surface area contributed by atoms with Crippen LogP contribution in [0.1, 0.15) is 32.6 Å². The standard InChI is InChI=1S/C17H31N4O5P/c1-7-27(24,19(5)6)25-11-14-9-20(12(2)3)10-15(26-14)21-8-13(4)16(22)18-17(21)23/h8,12,14-15H,7,9-11H2,1-6H3,(H,18,22,23)/t14-,15+,27?/m0/s1. The van der Waals surface area contributed by atoms with Crippen LogP contribution in [0, 0.1) is 6.92 Å². The molecular weight excluding hydrogens is 371 g/mol. The molecule has 10 heteroatoms. The topological polar surface area (TPSA) is 96.9 Å². The largest absolute Gasteiger partial charge is 0.350 e. The fourth-order valence-electron chi connectivity index (χ4n) is 3.00. The first-order valence-electron chi connectivity index (χ1n) is 9.20. The zero-order chi connectivity index (χ0) is 20.4. The van der Waals surface area contributed by atoms with Gasteiger partial charge in [-0.05, 0) is 34.9 Å². The van der Waals surface area contributed by atoms with E-state index in [1.165, 1.54) is 10.8 Å². The number of rotatable bonds is 7. The normalized spacial score (nSPS) is 23.7. The van der Waals surface area contributed by atoms with Crippen molar-refractivity contribution in [2.75, 3.05) is 40.0 Å². The van der Waals surface area contributed by atoms with Crippen LogP contribution in [0.3, 0.4) is 0 Å². The Morgan fingerprint density at radius 1 is 1.37 bits per heavy atom. The monoisotopic (exact) mass is 402 g/mol. The van der Waals surface area contributed by atoms with E-state index in [0.717, 1.165) is 0 Å². The molecule has 0 bridgehead atoms. The Kier molecular flexibility index (Phi) is 7.21. The van der Waals surface area contributed by atoms with E-state index in [2.05, 4.69) is 23.7 Å². The van der Waals surface area contributed by atoms with Gasteiger partial charge in [-0.25, -0.2) is 9.46 Å². The lowest BCUT2D eigenvalue weighted by molar-refractivity contribution is -0.139. The van der Waals surface area contributed by atoms with Gasteiger partial charge in [-0.2, -0.15) is 0 Å². The summed E-state index contributed by atoms with van der Waals surface area (Å²) in [4.78, 5) is 28.4. The van der Waals surface area contributed by atoms with Gasteiger partial charge >= 0.3 is 5.69 Å². The molecule has 1 fully saturated rings. The molecule has 0 amide bonds. The van der Waals surface area contributed by atoms with E-state index < -0.39 is 25.0 Å². The van der Waals surface area contributed by atoms with E-state index >= 15 is 0 Å². The molecule has 154 valence electrons. The lowest BCUT2D eigenvalue weighted by Gasteiger charge is -2.40. The van der Waals surface area contributed by atoms with E-state index in [4.69, 9.17) is 9.26 Å². The van der Waals surface area contributed by atoms with Crippen LogP contribution in [0.25, 0.3) is 0 Å². The minimum atomic E-state index is -2.88. The third kappa shape index (κ3) is 5.18. The molecule has 1 aliphatic heterocycles. The Hall–Kier alpha value is -1.25. The van der Waals surface area contributed by atoms with Crippen LogP contribution >= 0.6 is 7.52 Å². The van der Waals surface area contributed by atoms with Gasteiger partial charge in [0.2, 0.25) is 0 Å². The highest BCUT2D eigenvalue weighted by molar-refractivity contribution is 7.56. The first-order valence-corrected chi connectivity index (χ1v) is 11.0. The van der Waals surface area contributed by atoms with Gasteiger partial charge in [-0.15, -0.1) is 0 Å². The summed E-state index contributed by atoms with van der Waals surface area (Å²) >= 11 is 0. The maximum absolute atomic E-state index is 12.8. The van der Waals surface area contributed by atoms with Crippen LogP contribution in [-0.2, 0) is 13.8 Å². The lowest BCUT2D eigenvalue weighted by Crippen LogP contribution is -2.51. The average molecular weight is 402 g/mol. The number of H-pyrrole nitrogens is 1. The van der Waals surface area contributed by atoms with Gasteiger partial charge in [-0.3, -0.25) is 23.8 Å². The number of ether oxygens (including phenoxy) is 1. The zero-order valence-electron chi connectivity index (χ0n) is 17.0. The third-order valence-corrected chi connectivity index (χ3v) is 7.41. The lowest BCUT2D eigenvalue weighted by atomic mass is 10.2. The van der Waals surface area contributed by atoms with Crippen molar-refractivity contribution in [1.29, 1.82) is 0 Å². The van der Waals surface area contributed by atoms with Crippen molar-refractivity contribution in [3.05, 3.63) is 32.6 Å². The molecule has 1 aromatic heterocycles. The summed E-state index contributed by atoms with van der Waals surface area (Å²) in [6, 6.07) is 0.241. The van der Waals surface area contributed by atoms with Gasteiger partial charge in [0.25, 0.3) is 13.1 Å². The van der Waals surface area contributed by atoms with Crippen LogP contribution in [-0.4, -0.2) is 71.2 Å². The summed E-state index contributed by atoms with van der Waals surface area (Å²) in [6.45, 7) is 8.90. The summed E-state index contributed by atoms with van der Waals surface area (Å²) < 4.78 is 27.6. The smallest absolute Gasteiger partial charge is 0.330 e. The molecule has 3 atom stereocenters. The second-order valence-electron chi connectivity index (χ2n) is 7.34. The fourth-order valence-corrected chi connectivity index (χ4v) is 4.38. The molecular formula is C17H31N4O5P. The Labute approximate surface area is 159 Å². The molecule has 0 spiro atoms. The van der Waals surface area contributed by atoms with Gasteiger partial charge < -0.3 is 9.26 Å². The Morgan fingerprint density at radius 3 is 2.59 bits per heavy atom. The molecule has 2 rings (SSSR count). The summed E-state index contributed by atoms with van der Waals surface area (Å²) in [6.07, 6.45) is 1.02. The number of hydrogen-bond acceptors (Lipinski definition) is 6. The highest BCUT2D eigenvalue weighted by Crippen LogP contribution is 2.48. The fraction of sp³-hybridized carbons (Fsp3) is 0.765. The SMILES string of the molecule is CCP(=O)(OC[C@@H]1CN(C(C)C)C[C@H](n2cc(C)c(=O)[nH]c2=O)O1)N(C)C. The molecule has 27 heavy (non-hydrogen) atoms. The molecule has 1 N–H and O–H groups in total. The van der Waals surface area contributed by atoms with Gasteiger partial charge in [0.1, 0.15) is 0 Å². The summed E-state index contributed by atoms with van der Waals surface area (Å²) in [5.74, 6) is 0. The number of aromatic amines is 1. The first kappa shape index (κ1) is 22.0. The first-order chi connectivity index (χ1) is 12.6. The average Bonchev–Trinajstić information content (AvgIpc) is 2.62. The van der Waals surface area contributed by atoms with Crippen molar-refractivity contribution in [3.63, 3.8) is 0 Å². The van der Waals surface area contributed by atoms with Gasteiger partial charge in [0.05, 0.1) is 12.7 Å². The van der Waals surface area contributed by atoms with Crippen LogP contribution in [0.2, 0.25) is 0 Å². The molecule has 1 aromatic rings. The number of hydrogen-bond donors (Lipinski definition) is 1. The van der Waals surface area contributed by atoms with Crippen LogP contribution < -0.4 is 11.2 Å². The maximum atomic E-state index is 12.8. The van der Waals surface area contributed by atoms with E-state index in [9.17, 15) is 14.2 Å². The zero-order valence-corrected chi connectivity index (χ0v) is 17.9. The van der Waals surface area contributed by atoms with Crippen molar-refractivity contribution in [2.45, 2.75) is 46.1 Å². The second kappa shape index (κ2) is 8.84. The van der Waals surface area contributed by atoms with E-state index in [1.807, 2.05) is 6.92 Å². The highest BCUT2D eigenvalue weighted by Gasteiger charge is 2.33. The minimum Gasteiger partial charge on any atom is -0.350 e. The van der Waals surface area contributed by atoms with E-state index in [0.29, 0.717) is 24.8 Å². The van der Waals surface area contributed by atoms with Crippen LogP contribution in [0.4, 0.5) is 0 Å². The molecule has 1 saturated heterocycles. The molecule has 1 aliphatic rings. The third-order valence-electron chi connectivity index (χ3n) is 4.84. The number of nitrogens with zero attached hydrogens (tertiary/aromatic N) is 3. The molecule has 9 nitrogen and oxygen atoms in total. The highest BCUT2D eigenvalue weighted by atomic mass is 31.2. The molecule has 0 aliphatic carbocycles. The molecule has 0 saturated carbocycles. The summed E-state index contributed by atoms with van der Waals surface area (Å²) in [5.41, 5.74) is -0.466. The minimum absolute atomic E-state index is 0.167. The predicted octanol–water partition coefficient (Wildman–Crippen LogP) is 1.24. The Balaban J connectivity index is 2.23. The van der Waals surface area contributed by atoms with Crippen molar-refractivity contribution in [1.82, 2.24) is 19.1 Å². The van der Waals surface area contributed by atoms with Crippen molar-refractivity contribution >= 4 is 7.52 Å². The molecule has 2 heterocycles. The van der Waals surface area contributed by atoms with Crippen LogP contribution in [0.15, 0.2) is 15.8 Å². The van der Waals surface area contributed by atoms with Gasteiger partial charge in [0, 0.05) is 37.1 Å². The van der Waals surface area contributed by atoms with E-state index in [-0.39, 0.29) is 18.8 Å². The maximum Gasteiger partial charge on any atom is 0.330 e. The predicted molar refractivity (Wildman–Crippen MR) is 104 cm³/mol. The van der Waals surface area contributed by atoms with Gasteiger partial charge in [0.15, 0.2) is 6.23 Å². The Morgan fingerprint density at radius 2 is 2.04 bits per heavy atom. The molecule has 0 radical (unpaired) electrons. The quantitative estimate of drug-likeness (QED) is 0.686. The number of morpholine rings is 1. The number of aromatic nitrogens is 2. The van der Waals surface area contributed by atoms with Crippen LogP contribution in [0.5, 0.6) is 0 Å². The number of aryl methyl sites for hydroxylation is 1. The van der Waals surface area contributed by atoms with Gasteiger partial charge in [-0.1, -0.05) is 6.92 Å². The number of nitrogens with one attached hydrogen (secondary N) is 1. The van der Waals surface area contributed by atoms with Crippen molar-refractivity contribution in [2.24, 2.45) is 0 Å². The Bertz CT molecular complexity index is 803. The second-order valence-corrected chi connectivity index (χ2v) is 10.3. The molecule has 0 aromatic carbocycles. The van der Waals surface area contributed by atoms with Crippen molar-refractivity contribution < 1.29 is 13.8 Å². The van der Waals surface area contributed by atoms with E-state index in [1.54, 1.807) is 25.7 Å². The summed E-state index contributed by atoms with van der Waals surface area (Å²) in [5, 5.41) is 0.